The van der Waals surface area contributed by atoms with Crippen molar-refractivity contribution in [3.05, 3.63) is 56.0 Å². The number of hydrogen-bond donors (Lipinski definition) is 2. The van der Waals surface area contributed by atoms with Crippen LogP contribution in [0.15, 0.2) is 33.6 Å². The molecule has 1 aliphatic rings. The highest BCUT2D eigenvalue weighted by Crippen LogP contribution is 2.35. The van der Waals surface area contributed by atoms with E-state index in [2.05, 4.69) is 10.5 Å². The van der Waals surface area contributed by atoms with Crippen molar-refractivity contribution in [2.24, 2.45) is 0 Å². The molecule has 1 saturated heterocycles. The molecule has 0 radical (unpaired) electrons. The van der Waals surface area contributed by atoms with E-state index in [4.69, 9.17) is 27.7 Å². The van der Waals surface area contributed by atoms with E-state index in [-0.39, 0.29) is 17.5 Å². The summed E-state index contributed by atoms with van der Waals surface area (Å²) < 4.78 is 5.22. The first-order valence-electron chi connectivity index (χ1n) is 6.49. The highest BCUT2D eigenvalue weighted by atomic mass is 35.5. The summed E-state index contributed by atoms with van der Waals surface area (Å²) in [5.41, 5.74) is 0.867. The molecule has 2 atom stereocenters. The van der Waals surface area contributed by atoms with Gasteiger partial charge in [-0.05, 0) is 43.1 Å². The van der Waals surface area contributed by atoms with Crippen LogP contribution in [0.1, 0.15) is 36.1 Å². The van der Waals surface area contributed by atoms with E-state index in [1.54, 1.807) is 6.07 Å². The van der Waals surface area contributed by atoms with E-state index in [9.17, 15) is 4.79 Å². The lowest BCUT2D eigenvalue weighted by Crippen LogP contribution is -2.30. The molecular weight excluding hydrogens is 299 g/mol. The van der Waals surface area contributed by atoms with Crippen LogP contribution in [0.25, 0.3) is 0 Å². The summed E-state index contributed by atoms with van der Waals surface area (Å²) in [7, 11) is 0. The maximum absolute atomic E-state index is 11.2. The second kappa shape index (κ2) is 5.64. The Bertz CT molecular complexity index is 645. The Hall–Kier alpha value is -1.23. The molecule has 1 aromatic carbocycles. The topological polar surface area (TPSA) is 58.0 Å². The van der Waals surface area contributed by atoms with E-state index < -0.39 is 0 Å². The highest BCUT2D eigenvalue weighted by molar-refractivity contribution is 6.34. The maximum Gasteiger partial charge on any atom is 0.280 e. The minimum absolute atomic E-state index is 0.158. The number of benzene rings is 1. The second-order valence-electron chi connectivity index (χ2n) is 5.05. The van der Waals surface area contributed by atoms with Gasteiger partial charge in [0.2, 0.25) is 0 Å². The Morgan fingerprint density at radius 1 is 1.15 bits per heavy atom. The van der Waals surface area contributed by atoms with Gasteiger partial charge >= 0.3 is 0 Å². The van der Waals surface area contributed by atoms with Gasteiger partial charge in [0.1, 0.15) is 5.76 Å². The van der Waals surface area contributed by atoms with Gasteiger partial charge in [0.05, 0.1) is 0 Å². The van der Waals surface area contributed by atoms with Crippen molar-refractivity contribution < 1.29 is 4.52 Å². The smallest absolute Gasteiger partial charge is 0.280 e. The molecule has 3 rings (SSSR count). The summed E-state index contributed by atoms with van der Waals surface area (Å²) in [6.07, 6.45) is 1.78. The van der Waals surface area contributed by atoms with Gasteiger partial charge in [0, 0.05) is 28.1 Å². The van der Waals surface area contributed by atoms with E-state index in [1.807, 2.05) is 12.1 Å². The monoisotopic (exact) mass is 312 g/mol. The fourth-order valence-electron chi connectivity index (χ4n) is 2.70. The first-order valence-corrected chi connectivity index (χ1v) is 7.25. The maximum atomic E-state index is 11.2. The Morgan fingerprint density at radius 2 is 1.90 bits per heavy atom. The molecule has 2 aromatic rings. The highest BCUT2D eigenvalue weighted by Gasteiger charge is 2.26. The number of piperidine rings is 1. The summed E-state index contributed by atoms with van der Waals surface area (Å²) in [6, 6.07) is 7.24. The molecule has 0 unspecified atom stereocenters. The van der Waals surface area contributed by atoms with Gasteiger partial charge in [0.25, 0.3) is 5.56 Å². The molecule has 4 nitrogen and oxygen atoms in total. The molecule has 0 bridgehead atoms. The summed E-state index contributed by atoms with van der Waals surface area (Å²) in [5, 5.41) is 7.05. The van der Waals surface area contributed by atoms with Gasteiger partial charge in [-0.1, -0.05) is 23.2 Å². The van der Waals surface area contributed by atoms with Crippen molar-refractivity contribution >= 4 is 23.2 Å². The number of rotatable bonds is 2. The lowest BCUT2D eigenvalue weighted by molar-refractivity contribution is 0.295. The van der Waals surface area contributed by atoms with Gasteiger partial charge < -0.3 is 9.84 Å². The molecule has 0 spiro atoms. The van der Waals surface area contributed by atoms with Gasteiger partial charge in [0.15, 0.2) is 0 Å². The average molecular weight is 313 g/mol. The van der Waals surface area contributed by atoms with Crippen LogP contribution >= 0.6 is 23.2 Å². The zero-order chi connectivity index (χ0) is 14.1. The number of nitrogens with one attached hydrogen (secondary N) is 2. The molecule has 1 aromatic heterocycles. The largest absolute Gasteiger partial charge is 0.383 e. The molecule has 0 amide bonds. The van der Waals surface area contributed by atoms with E-state index in [1.165, 1.54) is 6.07 Å². The fourth-order valence-corrected chi connectivity index (χ4v) is 3.25. The second-order valence-corrected chi connectivity index (χ2v) is 5.92. The van der Waals surface area contributed by atoms with Gasteiger partial charge in [-0.25, -0.2) is 0 Å². The number of H-pyrrole nitrogens is 1. The fraction of sp³-hybridized carbons (Fsp3) is 0.357. The summed E-state index contributed by atoms with van der Waals surface area (Å²) in [4.78, 5) is 11.2. The lowest BCUT2D eigenvalue weighted by Gasteiger charge is -2.29. The number of aromatic nitrogens is 1. The molecule has 6 heteroatoms. The Labute approximate surface area is 126 Å². The molecule has 1 fully saturated rings. The van der Waals surface area contributed by atoms with Gasteiger partial charge in [-0.2, -0.15) is 5.16 Å². The third kappa shape index (κ3) is 2.92. The summed E-state index contributed by atoms with van der Waals surface area (Å²) in [6.45, 7) is 0.856. The van der Waals surface area contributed by atoms with Crippen LogP contribution in [0.5, 0.6) is 0 Å². The third-order valence-corrected chi connectivity index (χ3v) is 4.07. The number of hydrogen-bond acceptors (Lipinski definition) is 3. The third-order valence-electron chi connectivity index (χ3n) is 3.64. The molecule has 0 aliphatic carbocycles. The van der Waals surface area contributed by atoms with Gasteiger partial charge in [-0.3, -0.25) is 4.79 Å². The molecule has 1 aliphatic heterocycles. The standard InChI is InChI=1S/C14H14Cl2N2O2/c15-10-3-9(4-11(16)6-10)12-5-8(1-2-17-12)13-7-14(19)18-20-13/h3-4,6-8,12,17H,1-2,5H2,(H,18,19)/t8-,12+/m1/s1. The van der Waals surface area contributed by atoms with E-state index >= 15 is 0 Å². The normalized spacial score (nSPS) is 22.9. The van der Waals surface area contributed by atoms with E-state index in [0.717, 1.165) is 30.7 Å². The van der Waals surface area contributed by atoms with Crippen LogP contribution in [0.3, 0.4) is 0 Å². The summed E-state index contributed by atoms with van der Waals surface area (Å²) >= 11 is 12.1. The Kier molecular flexibility index (Phi) is 3.87. The average Bonchev–Trinajstić information content (AvgIpc) is 2.85. The van der Waals surface area contributed by atoms with Crippen LogP contribution < -0.4 is 10.9 Å². The van der Waals surface area contributed by atoms with Crippen LogP contribution in [-0.2, 0) is 0 Å². The lowest BCUT2D eigenvalue weighted by atomic mass is 9.87. The zero-order valence-corrected chi connectivity index (χ0v) is 12.2. The number of aromatic amines is 1. The van der Waals surface area contributed by atoms with Crippen molar-refractivity contribution in [1.82, 2.24) is 10.5 Å². The summed E-state index contributed by atoms with van der Waals surface area (Å²) in [5.74, 6) is 0.938. The Morgan fingerprint density at radius 3 is 2.55 bits per heavy atom. The molecule has 20 heavy (non-hydrogen) atoms. The zero-order valence-electron chi connectivity index (χ0n) is 10.7. The quantitative estimate of drug-likeness (QED) is 0.892. The van der Waals surface area contributed by atoms with Gasteiger partial charge in [-0.15, -0.1) is 0 Å². The van der Waals surface area contributed by atoms with Crippen LogP contribution in [0.2, 0.25) is 10.0 Å². The molecule has 2 N–H and O–H groups in total. The minimum atomic E-state index is -0.194. The van der Waals surface area contributed by atoms with Crippen molar-refractivity contribution in [2.75, 3.05) is 6.54 Å². The minimum Gasteiger partial charge on any atom is -0.383 e. The van der Waals surface area contributed by atoms with Crippen molar-refractivity contribution in [3.63, 3.8) is 0 Å². The van der Waals surface area contributed by atoms with Crippen LogP contribution in [-0.4, -0.2) is 11.7 Å². The molecule has 106 valence electrons. The van der Waals surface area contributed by atoms with Crippen molar-refractivity contribution in [1.29, 1.82) is 0 Å². The van der Waals surface area contributed by atoms with Crippen LogP contribution in [0, 0.1) is 0 Å². The molecule has 2 heterocycles. The molecule has 0 saturated carbocycles. The Balaban J connectivity index is 1.82. The predicted molar refractivity (Wildman–Crippen MR) is 78.5 cm³/mol. The van der Waals surface area contributed by atoms with Crippen molar-refractivity contribution in [3.8, 4) is 0 Å². The van der Waals surface area contributed by atoms with E-state index in [0.29, 0.717) is 10.0 Å². The SMILES string of the molecule is O=c1cc([C@@H]2CCN[C@H](c3cc(Cl)cc(Cl)c3)C2)o[nH]1. The molecular formula is C14H14Cl2N2O2. The van der Waals surface area contributed by atoms with Crippen molar-refractivity contribution in [2.45, 2.75) is 24.8 Å². The predicted octanol–water partition coefficient (Wildman–Crippen LogP) is 3.48. The van der Waals surface area contributed by atoms with Crippen LogP contribution in [0.4, 0.5) is 0 Å². The number of halogens is 2. The first kappa shape index (κ1) is 13.7. The first-order chi connectivity index (χ1) is 9.61.